The SMILES string of the molecule is Cn1cc(C=O)c2c(Oc3ccc(Cl)c(F)c3)cccc21. The van der Waals surface area contributed by atoms with Crippen molar-refractivity contribution in [2.45, 2.75) is 0 Å². The van der Waals surface area contributed by atoms with E-state index < -0.39 is 5.82 Å². The molecule has 0 saturated heterocycles. The van der Waals surface area contributed by atoms with Crippen molar-refractivity contribution >= 4 is 28.8 Å². The molecule has 1 heterocycles. The van der Waals surface area contributed by atoms with Gasteiger partial charge in [0.25, 0.3) is 0 Å². The van der Waals surface area contributed by atoms with Crippen LogP contribution in [0.5, 0.6) is 11.5 Å². The molecular weight excluding hydrogens is 293 g/mol. The van der Waals surface area contributed by atoms with Crippen molar-refractivity contribution in [3.05, 3.63) is 59.0 Å². The summed E-state index contributed by atoms with van der Waals surface area (Å²) in [5.74, 6) is 0.270. The van der Waals surface area contributed by atoms with Gasteiger partial charge in [0.05, 0.1) is 15.9 Å². The molecule has 3 aromatic rings. The number of benzene rings is 2. The van der Waals surface area contributed by atoms with Gasteiger partial charge < -0.3 is 9.30 Å². The van der Waals surface area contributed by atoms with Crippen molar-refractivity contribution in [2.75, 3.05) is 0 Å². The molecule has 0 bridgehead atoms. The third-order valence-corrected chi connectivity index (χ3v) is 3.56. The summed E-state index contributed by atoms with van der Waals surface area (Å²) in [5, 5.41) is 0.735. The molecule has 0 aliphatic heterocycles. The molecule has 0 amide bonds. The summed E-state index contributed by atoms with van der Waals surface area (Å²) in [5.41, 5.74) is 1.39. The van der Waals surface area contributed by atoms with E-state index in [1.807, 2.05) is 23.7 Å². The predicted molar refractivity (Wildman–Crippen MR) is 79.8 cm³/mol. The van der Waals surface area contributed by atoms with Gasteiger partial charge in [0.1, 0.15) is 17.3 Å². The fourth-order valence-corrected chi connectivity index (χ4v) is 2.41. The van der Waals surface area contributed by atoms with Crippen molar-refractivity contribution < 1.29 is 13.9 Å². The standard InChI is InChI=1S/C16H11ClFNO2/c1-19-8-10(9-20)16-14(19)3-2-4-15(16)21-11-5-6-12(17)13(18)7-11/h2-9H,1H3. The molecule has 0 aliphatic rings. The Kier molecular flexibility index (Phi) is 3.39. The fourth-order valence-electron chi connectivity index (χ4n) is 2.29. The smallest absolute Gasteiger partial charge is 0.152 e. The Labute approximate surface area is 125 Å². The Morgan fingerprint density at radius 2 is 2.10 bits per heavy atom. The molecule has 21 heavy (non-hydrogen) atoms. The summed E-state index contributed by atoms with van der Waals surface area (Å²) in [7, 11) is 1.85. The maximum Gasteiger partial charge on any atom is 0.152 e. The molecule has 0 saturated carbocycles. The van der Waals surface area contributed by atoms with Gasteiger partial charge >= 0.3 is 0 Å². The van der Waals surface area contributed by atoms with Gasteiger partial charge in [-0.25, -0.2) is 4.39 Å². The average Bonchev–Trinajstić information content (AvgIpc) is 2.81. The van der Waals surface area contributed by atoms with Crippen LogP contribution in [-0.2, 0) is 7.05 Å². The van der Waals surface area contributed by atoms with E-state index in [1.165, 1.54) is 12.1 Å². The highest BCUT2D eigenvalue weighted by atomic mass is 35.5. The number of carbonyl (C=O) groups excluding carboxylic acids is 1. The van der Waals surface area contributed by atoms with Gasteiger partial charge in [0.15, 0.2) is 6.29 Å². The molecular formula is C16H11ClFNO2. The quantitative estimate of drug-likeness (QED) is 0.663. The lowest BCUT2D eigenvalue weighted by atomic mass is 10.1. The molecule has 2 aromatic carbocycles. The van der Waals surface area contributed by atoms with Crippen LogP contribution in [0.25, 0.3) is 10.9 Å². The highest BCUT2D eigenvalue weighted by molar-refractivity contribution is 6.30. The highest BCUT2D eigenvalue weighted by Crippen LogP contribution is 2.33. The van der Waals surface area contributed by atoms with Crippen LogP contribution in [0, 0.1) is 5.82 Å². The number of ether oxygens (including phenoxy) is 1. The molecule has 0 atom stereocenters. The molecule has 0 fully saturated rings. The molecule has 5 heteroatoms. The molecule has 0 unspecified atom stereocenters. The Hall–Kier alpha value is -2.33. The molecule has 0 spiro atoms. The van der Waals surface area contributed by atoms with Gasteiger partial charge in [-0.05, 0) is 24.3 Å². The van der Waals surface area contributed by atoms with Gasteiger partial charge in [-0.3, -0.25) is 4.79 Å². The second kappa shape index (κ2) is 5.22. The van der Waals surface area contributed by atoms with E-state index in [9.17, 15) is 9.18 Å². The van der Waals surface area contributed by atoms with E-state index in [-0.39, 0.29) is 5.02 Å². The molecule has 3 rings (SSSR count). The second-order valence-corrected chi connectivity index (χ2v) is 5.05. The minimum Gasteiger partial charge on any atom is -0.457 e. The van der Waals surface area contributed by atoms with Crippen LogP contribution in [0.2, 0.25) is 5.02 Å². The highest BCUT2D eigenvalue weighted by Gasteiger charge is 2.12. The van der Waals surface area contributed by atoms with E-state index in [0.717, 1.165) is 11.8 Å². The molecule has 0 N–H and O–H groups in total. The average molecular weight is 304 g/mol. The van der Waals surface area contributed by atoms with Gasteiger partial charge in [0, 0.05) is 24.9 Å². The number of hydrogen-bond donors (Lipinski definition) is 0. The van der Waals surface area contributed by atoms with Crippen molar-refractivity contribution in [1.29, 1.82) is 0 Å². The van der Waals surface area contributed by atoms with Crippen LogP contribution >= 0.6 is 11.6 Å². The monoisotopic (exact) mass is 303 g/mol. The van der Waals surface area contributed by atoms with Gasteiger partial charge in [-0.1, -0.05) is 17.7 Å². The first-order valence-electron chi connectivity index (χ1n) is 6.26. The normalized spacial score (nSPS) is 10.8. The van der Waals surface area contributed by atoms with E-state index in [0.29, 0.717) is 22.4 Å². The zero-order valence-corrected chi connectivity index (χ0v) is 11.9. The van der Waals surface area contributed by atoms with E-state index in [2.05, 4.69) is 0 Å². The van der Waals surface area contributed by atoms with Gasteiger partial charge in [-0.15, -0.1) is 0 Å². The largest absolute Gasteiger partial charge is 0.457 e. The van der Waals surface area contributed by atoms with Crippen molar-refractivity contribution in [2.24, 2.45) is 7.05 Å². The summed E-state index contributed by atoms with van der Waals surface area (Å²) >= 11 is 5.65. The number of fused-ring (bicyclic) bond motifs is 1. The molecule has 106 valence electrons. The number of halogens is 2. The lowest BCUT2D eigenvalue weighted by molar-refractivity contribution is 0.112. The summed E-state index contributed by atoms with van der Waals surface area (Å²) in [6, 6.07) is 9.66. The molecule has 1 aromatic heterocycles. The first-order chi connectivity index (χ1) is 10.1. The Bertz CT molecular complexity index is 842. The summed E-state index contributed by atoms with van der Waals surface area (Å²) in [4.78, 5) is 11.2. The lowest BCUT2D eigenvalue weighted by Gasteiger charge is -2.08. The minimum absolute atomic E-state index is 0.0360. The number of nitrogens with zero attached hydrogens (tertiary/aromatic N) is 1. The summed E-state index contributed by atoms with van der Waals surface area (Å²) in [6.07, 6.45) is 2.50. The minimum atomic E-state index is -0.551. The van der Waals surface area contributed by atoms with Crippen molar-refractivity contribution in [1.82, 2.24) is 4.57 Å². The van der Waals surface area contributed by atoms with Gasteiger partial charge in [-0.2, -0.15) is 0 Å². The van der Waals surface area contributed by atoms with Gasteiger partial charge in [0.2, 0.25) is 0 Å². The zero-order chi connectivity index (χ0) is 15.0. The van der Waals surface area contributed by atoms with Crippen LogP contribution in [0.4, 0.5) is 4.39 Å². The van der Waals surface area contributed by atoms with Crippen molar-refractivity contribution in [3.8, 4) is 11.5 Å². The molecule has 0 radical (unpaired) electrons. The maximum absolute atomic E-state index is 13.5. The van der Waals surface area contributed by atoms with Crippen LogP contribution in [-0.4, -0.2) is 10.9 Å². The summed E-state index contributed by atoms with van der Waals surface area (Å²) in [6.45, 7) is 0. The summed E-state index contributed by atoms with van der Waals surface area (Å²) < 4.78 is 21.0. The number of aromatic nitrogens is 1. The van der Waals surface area contributed by atoms with Crippen LogP contribution in [0.1, 0.15) is 10.4 Å². The van der Waals surface area contributed by atoms with E-state index in [4.69, 9.17) is 16.3 Å². The lowest BCUT2D eigenvalue weighted by Crippen LogP contribution is -1.89. The van der Waals surface area contributed by atoms with E-state index in [1.54, 1.807) is 18.3 Å². The molecule has 3 nitrogen and oxygen atoms in total. The third kappa shape index (κ3) is 2.38. The Morgan fingerprint density at radius 3 is 2.81 bits per heavy atom. The molecule has 0 aliphatic carbocycles. The fraction of sp³-hybridized carbons (Fsp3) is 0.0625. The Morgan fingerprint density at radius 1 is 1.29 bits per heavy atom. The number of hydrogen-bond acceptors (Lipinski definition) is 2. The van der Waals surface area contributed by atoms with Crippen LogP contribution in [0.15, 0.2) is 42.6 Å². The number of carbonyl (C=O) groups is 1. The second-order valence-electron chi connectivity index (χ2n) is 4.64. The Balaban J connectivity index is 2.12. The first-order valence-corrected chi connectivity index (χ1v) is 6.64. The first kappa shape index (κ1) is 13.6. The zero-order valence-electron chi connectivity index (χ0n) is 11.1. The number of aldehydes is 1. The van der Waals surface area contributed by atoms with Crippen molar-refractivity contribution in [3.63, 3.8) is 0 Å². The van der Waals surface area contributed by atoms with E-state index >= 15 is 0 Å². The number of rotatable bonds is 3. The van der Waals surface area contributed by atoms with Crippen LogP contribution in [0.3, 0.4) is 0 Å². The number of aryl methyl sites for hydroxylation is 1. The van der Waals surface area contributed by atoms with Crippen LogP contribution < -0.4 is 4.74 Å². The maximum atomic E-state index is 13.5. The predicted octanol–water partition coefficient (Wildman–Crippen LogP) is 4.58. The topological polar surface area (TPSA) is 31.2 Å². The third-order valence-electron chi connectivity index (χ3n) is 3.25.